The molecular formula is C24H24F3NO2S. The fourth-order valence-corrected chi connectivity index (χ4v) is 4.61. The highest BCUT2D eigenvalue weighted by Crippen LogP contribution is 2.47. The maximum atomic E-state index is 12.8. The third kappa shape index (κ3) is 5.46. The van der Waals surface area contributed by atoms with Crippen molar-refractivity contribution < 1.29 is 22.7 Å². The van der Waals surface area contributed by atoms with Crippen LogP contribution in [0.15, 0.2) is 59.6 Å². The largest absolute Gasteiger partial charge is 0.416 e. The number of aromatic nitrogens is 1. The molecule has 0 N–H and O–H groups in total. The first-order valence-electron chi connectivity index (χ1n) is 10.0. The van der Waals surface area contributed by atoms with Crippen molar-refractivity contribution in [2.24, 2.45) is 0 Å². The number of hydrogen-bond acceptors (Lipinski definition) is 4. The molecule has 0 aliphatic heterocycles. The minimum atomic E-state index is -4.35. The SMILES string of the molecule is CCOC.O=CC1(Sc2ccnc3ccc(-c4ccc(C(F)(F)F)cc4)cc23)CCC1. The summed E-state index contributed by atoms with van der Waals surface area (Å²) in [6.45, 7) is 2.78. The molecule has 0 spiro atoms. The number of methoxy groups -OCH3 is 1. The topological polar surface area (TPSA) is 39.2 Å². The molecule has 4 rings (SSSR count). The Bertz CT molecular complexity index is 1030. The first-order chi connectivity index (χ1) is 14.8. The van der Waals surface area contributed by atoms with Gasteiger partial charge in [0.1, 0.15) is 6.29 Å². The lowest BCUT2D eigenvalue weighted by Crippen LogP contribution is -2.34. The zero-order valence-corrected chi connectivity index (χ0v) is 18.2. The molecule has 3 aromatic rings. The maximum absolute atomic E-state index is 12.8. The number of carbonyl (C=O) groups excluding carboxylic acids is 1. The lowest BCUT2D eigenvalue weighted by Gasteiger charge is -2.36. The minimum absolute atomic E-state index is 0.362. The number of alkyl halides is 3. The lowest BCUT2D eigenvalue weighted by molar-refractivity contribution is -0.137. The van der Waals surface area contributed by atoms with E-state index >= 15 is 0 Å². The first kappa shape index (κ1) is 23.3. The van der Waals surface area contributed by atoms with Crippen molar-refractivity contribution in [1.29, 1.82) is 0 Å². The van der Waals surface area contributed by atoms with Crippen molar-refractivity contribution in [3.05, 3.63) is 60.3 Å². The summed E-state index contributed by atoms with van der Waals surface area (Å²) in [5, 5.41) is 0.910. The van der Waals surface area contributed by atoms with E-state index in [0.717, 1.165) is 65.7 Å². The summed E-state index contributed by atoms with van der Waals surface area (Å²) < 4.78 is 42.5. The molecule has 164 valence electrons. The quantitative estimate of drug-likeness (QED) is 0.404. The third-order valence-corrected chi connectivity index (χ3v) is 6.75. The molecule has 0 saturated heterocycles. The Morgan fingerprint density at radius 1 is 1.10 bits per heavy atom. The second-order valence-electron chi connectivity index (χ2n) is 7.33. The second-order valence-corrected chi connectivity index (χ2v) is 8.79. The van der Waals surface area contributed by atoms with Gasteiger partial charge in [-0.25, -0.2) is 0 Å². The number of benzene rings is 2. The van der Waals surface area contributed by atoms with Crippen molar-refractivity contribution in [2.45, 2.75) is 42.0 Å². The standard InChI is InChI=1S/C21H16F3NOS.C3H8O/c22-21(23,24)16-5-2-14(3-6-16)15-4-7-18-17(12-15)19(8-11-25-18)27-20(13-26)9-1-10-20;1-3-4-2/h2-8,11-13H,1,9-10H2;3H2,1-2H3. The van der Waals surface area contributed by atoms with Crippen LogP contribution in [0.3, 0.4) is 0 Å². The highest BCUT2D eigenvalue weighted by atomic mass is 32.2. The summed E-state index contributed by atoms with van der Waals surface area (Å²) in [6, 6.07) is 12.7. The smallest absolute Gasteiger partial charge is 0.385 e. The Hall–Kier alpha value is -2.38. The van der Waals surface area contributed by atoms with Gasteiger partial charge in [-0.05, 0) is 67.6 Å². The zero-order valence-electron chi connectivity index (χ0n) is 17.4. The Morgan fingerprint density at radius 3 is 2.26 bits per heavy atom. The summed E-state index contributed by atoms with van der Waals surface area (Å²) in [6.07, 6.45) is 1.19. The number of nitrogens with zero attached hydrogens (tertiary/aromatic N) is 1. The molecule has 1 saturated carbocycles. The molecule has 31 heavy (non-hydrogen) atoms. The number of aldehydes is 1. The van der Waals surface area contributed by atoms with E-state index in [1.54, 1.807) is 25.1 Å². The van der Waals surface area contributed by atoms with Crippen molar-refractivity contribution in [2.75, 3.05) is 13.7 Å². The molecule has 0 unspecified atom stereocenters. The Balaban J connectivity index is 0.000000628. The van der Waals surface area contributed by atoms with Gasteiger partial charge in [0.05, 0.1) is 15.8 Å². The summed E-state index contributed by atoms with van der Waals surface area (Å²) in [7, 11) is 1.68. The fraction of sp³-hybridized carbons (Fsp3) is 0.333. The average molecular weight is 448 g/mol. The van der Waals surface area contributed by atoms with Crippen molar-refractivity contribution in [3.63, 3.8) is 0 Å². The Labute approximate surface area is 184 Å². The molecule has 7 heteroatoms. The van der Waals surface area contributed by atoms with Crippen LogP contribution in [0.1, 0.15) is 31.7 Å². The molecule has 0 bridgehead atoms. The molecule has 1 aliphatic rings. The number of hydrogen-bond donors (Lipinski definition) is 0. The number of carbonyl (C=O) groups is 1. The first-order valence-corrected chi connectivity index (χ1v) is 10.8. The van der Waals surface area contributed by atoms with Crippen LogP contribution in [0.4, 0.5) is 13.2 Å². The van der Waals surface area contributed by atoms with E-state index in [1.807, 2.05) is 31.2 Å². The van der Waals surface area contributed by atoms with Gasteiger partial charge in [0.25, 0.3) is 0 Å². The van der Waals surface area contributed by atoms with Crippen molar-refractivity contribution in [1.82, 2.24) is 4.98 Å². The van der Waals surface area contributed by atoms with Crippen LogP contribution in [0.2, 0.25) is 0 Å². The summed E-state index contributed by atoms with van der Waals surface area (Å²) in [5.74, 6) is 0. The van der Waals surface area contributed by atoms with Gasteiger partial charge in [-0.1, -0.05) is 18.2 Å². The predicted molar refractivity (Wildman–Crippen MR) is 118 cm³/mol. The molecule has 1 aliphatic carbocycles. The van der Waals surface area contributed by atoms with Gasteiger partial charge in [0, 0.05) is 30.2 Å². The third-order valence-electron chi connectivity index (χ3n) is 5.26. The van der Waals surface area contributed by atoms with Crippen molar-refractivity contribution >= 4 is 29.0 Å². The molecule has 0 amide bonds. The Morgan fingerprint density at radius 2 is 1.74 bits per heavy atom. The van der Waals surface area contributed by atoms with Crippen molar-refractivity contribution in [3.8, 4) is 11.1 Å². The Kier molecular flexibility index (Phi) is 7.38. The van der Waals surface area contributed by atoms with Crippen LogP contribution in [0.5, 0.6) is 0 Å². The molecule has 1 fully saturated rings. The summed E-state index contributed by atoms with van der Waals surface area (Å²) in [4.78, 5) is 16.9. The van der Waals surface area contributed by atoms with Gasteiger partial charge in [-0.3, -0.25) is 4.98 Å². The number of ether oxygens (including phenoxy) is 1. The van der Waals surface area contributed by atoms with E-state index in [4.69, 9.17) is 0 Å². The van der Waals surface area contributed by atoms with E-state index in [2.05, 4.69) is 9.72 Å². The molecule has 0 atom stereocenters. The number of rotatable bonds is 5. The van der Waals surface area contributed by atoms with Gasteiger partial charge in [0.15, 0.2) is 0 Å². The van der Waals surface area contributed by atoms with Crippen LogP contribution in [0.25, 0.3) is 22.0 Å². The molecule has 3 nitrogen and oxygen atoms in total. The number of pyridine rings is 1. The minimum Gasteiger partial charge on any atom is -0.385 e. The summed E-state index contributed by atoms with van der Waals surface area (Å²) in [5.41, 5.74) is 1.66. The monoisotopic (exact) mass is 447 g/mol. The van der Waals surface area contributed by atoms with E-state index in [-0.39, 0.29) is 4.75 Å². The second kappa shape index (κ2) is 9.83. The molecule has 0 radical (unpaired) electrons. The van der Waals surface area contributed by atoms with E-state index in [9.17, 15) is 18.0 Å². The summed E-state index contributed by atoms with van der Waals surface area (Å²) >= 11 is 1.56. The number of halogens is 3. The maximum Gasteiger partial charge on any atom is 0.416 e. The van der Waals surface area contributed by atoms with Gasteiger partial charge in [0.2, 0.25) is 0 Å². The number of fused-ring (bicyclic) bond motifs is 1. The number of thioether (sulfide) groups is 1. The average Bonchev–Trinajstić information content (AvgIpc) is 2.75. The van der Waals surface area contributed by atoms with Crippen LogP contribution in [0, 0.1) is 0 Å². The van der Waals surface area contributed by atoms with Crippen LogP contribution < -0.4 is 0 Å². The zero-order chi connectivity index (χ0) is 22.5. The van der Waals surface area contributed by atoms with Gasteiger partial charge in [-0.2, -0.15) is 13.2 Å². The lowest BCUT2D eigenvalue weighted by atomic mass is 9.86. The van der Waals surface area contributed by atoms with Gasteiger partial charge >= 0.3 is 6.18 Å². The van der Waals surface area contributed by atoms with Crippen LogP contribution in [-0.2, 0) is 15.7 Å². The fourth-order valence-electron chi connectivity index (χ4n) is 3.23. The van der Waals surface area contributed by atoms with E-state index < -0.39 is 11.7 Å². The van der Waals surface area contributed by atoms with Gasteiger partial charge in [-0.15, -0.1) is 11.8 Å². The van der Waals surface area contributed by atoms with Crippen LogP contribution in [-0.4, -0.2) is 29.7 Å². The molecular weight excluding hydrogens is 423 g/mol. The van der Waals surface area contributed by atoms with E-state index in [0.29, 0.717) is 5.56 Å². The molecule has 1 aromatic heterocycles. The highest BCUT2D eigenvalue weighted by Gasteiger charge is 2.38. The predicted octanol–water partition coefficient (Wildman–Crippen LogP) is 6.79. The van der Waals surface area contributed by atoms with Gasteiger partial charge < -0.3 is 9.53 Å². The molecule has 1 heterocycles. The normalized spacial score (nSPS) is 15.0. The van der Waals surface area contributed by atoms with Crippen LogP contribution >= 0.6 is 11.8 Å². The molecule has 2 aromatic carbocycles. The van der Waals surface area contributed by atoms with E-state index in [1.165, 1.54) is 12.1 Å². The highest BCUT2D eigenvalue weighted by molar-refractivity contribution is 8.01.